The summed E-state index contributed by atoms with van der Waals surface area (Å²) in [4.78, 5) is 24.7. The molecule has 1 aliphatic heterocycles. The van der Waals surface area contributed by atoms with Gasteiger partial charge in [-0.2, -0.15) is 0 Å². The van der Waals surface area contributed by atoms with Crippen LogP contribution in [0, 0.1) is 6.92 Å². The van der Waals surface area contributed by atoms with Gasteiger partial charge in [-0.3, -0.25) is 9.59 Å². The molecule has 6 heteroatoms. The van der Waals surface area contributed by atoms with E-state index in [1.807, 2.05) is 24.4 Å². The predicted molar refractivity (Wildman–Crippen MR) is 113 cm³/mol. The molecule has 0 radical (unpaired) electrons. The molecule has 5 nitrogen and oxygen atoms in total. The van der Waals surface area contributed by atoms with Crippen LogP contribution in [-0.4, -0.2) is 21.7 Å². The van der Waals surface area contributed by atoms with Crippen LogP contribution in [0.4, 0.5) is 0 Å². The zero-order valence-corrected chi connectivity index (χ0v) is 17.1. The zero-order chi connectivity index (χ0) is 20.7. The lowest BCUT2D eigenvalue weighted by atomic mass is 10.1. The summed E-state index contributed by atoms with van der Waals surface area (Å²) in [6, 6.07) is 11.2. The molecule has 2 heterocycles. The summed E-state index contributed by atoms with van der Waals surface area (Å²) >= 11 is 5.77. The monoisotopic (exact) mass is 409 g/mol. The minimum absolute atomic E-state index is 0.194. The van der Waals surface area contributed by atoms with E-state index in [2.05, 4.69) is 17.6 Å². The summed E-state index contributed by atoms with van der Waals surface area (Å²) in [5.74, 6) is 0.240. The number of hydrogen-bond acceptors (Lipinski definition) is 4. The molecular weight excluding hydrogens is 390 g/mol. The molecule has 1 aromatic heterocycles. The third-order valence-corrected chi connectivity index (χ3v) is 5.20. The highest BCUT2D eigenvalue weighted by atomic mass is 35.5. The third kappa shape index (κ3) is 3.32. The molecule has 29 heavy (non-hydrogen) atoms. The highest BCUT2D eigenvalue weighted by Gasteiger charge is 2.31. The molecule has 0 bridgehead atoms. The van der Waals surface area contributed by atoms with E-state index in [0.717, 1.165) is 23.0 Å². The SMILES string of the molecule is CCn1cc(/C=C2\Oc3c(ccc(OC(=O)C(C)Cl)c3C)C2=O)c2ccccc21. The highest BCUT2D eigenvalue weighted by Crippen LogP contribution is 2.40. The number of esters is 1. The Morgan fingerprint density at radius 1 is 1.28 bits per heavy atom. The summed E-state index contributed by atoms with van der Waals surface area (Å²) in [5, 5.41) is 0.285. The number of benzene rings is 2. The van der Waals surface area contributed by atoms with Gasteiger partial charge in [0.05, 0.1) is 5.56 Å². The van der Waals surface area contributed by atoms with Crippen LogP contribution in [-0.2, 0) is 11.3 Å². The summed E-state index contributed by atoms with van der Waals surface area (Å²) < 4.78 is 13.3. The Labute approximate surface area is 173 Å². The van der Waals surface area contributed by atoms with Gasteiger partial charge < -0.3 is 14.0 Å². The van der Waals surface area contributed by atoms with E-state index in [1.165, 1.54) is 0 Å². The van der Waals surface area contributed by atoms with Crippen LogP contribution in [0.5, 0.6) is 11.5 Å². The van der Waals surface area contributed by atoms with Crippen molar-refractivity contribution in [3.63, 3.8) is 0 Å². The van der Waals surface area contributed by atoms with Crippen LogP contribution in [0.25, 0.3) is 17.0 Å². The lowest BCUT2D eigenvalue weighted by molar-refractivity contribution is -0.133. The molecule has 0 fully saturated rings. The standard InChI is InChI=1S/C23H20ClNO4/c1-4-25-12-15(16-7-5-6-8-18(16)25)11-20-21(26)17-9-10-19(13(2)22(17)28-20)29-23(27)14(3)24/h5-12,14H,4H2,1-3H3/b20-11-. The first-order valence-electron chi connectivity index (χ1n) is 9.42. The van der Waals surface area contributed by atoms with Crippen molar-refractivity contribution in [2.75, 3.05) is 0 Å². The number of halogens is 1. The number of rotatable bonds is 4. The van der Waals surface area contributed by atoms with Gasteiger partial charge in [-0.25, -0.2) is 0 Å². The van der Waals surface area contributed by atoms with Crippen LogP contribution in [0.15, 0.2) is 48.4 Å². The summed E-state index contributed by atoms with van der Waals surface area (Å²) in [7, 11) is 0. The minimum Gasteiger partial charge on any atom is -0.452 e. The average Bonchev–Trinajstić information content (AvgIpc) is 3.23. The summed E-state index contributed by atoms with van der Waals surface area (Å²) in [6.45, 7) is 6.19. The maximum Gasteiger partial charge on any atom is 0.329 e. The van der Waals surface area contributed by atoms with Crippen molar-refractivity contribution in [3.8, 4) is 11.5 Å². The van der Waals surface area contributed by atoms with Gasteiger partial charge in [0.2, 0.25) is 5.78 Å². The molecule has 0 amide bonds. The van der Waals surface area contributed by atoms with Crippen molar-refractivity contribution in [1.29, 1.82) is 0 Å². The van der Waals surface area contributed by atoms with Gasteiger partial charge >= 0.3 is 5.97 Å². The average molecular weight is 410 g/mol. The number of carbonyl (C=O) groups excluding carboxylic acids is 2. The Bertz CT molecular complexity index is 1170. The van der Waals surface area contributed by atoms with Gasteiger partial charge in [-0.1, -0.05) is 18.2 Å². The van der Waals surface area contributed by atoms with Gasteiger partial charge in [-0.15, -0.1) is 11.6 Å². The van der Waals surface area contributed by atoms with Crippen LogP contribution in [0.1, 0.15) is 35.3 Å². The second-order valence-corrected chi connectivity index (χ2v) is 7.58. The van der Waals surface area contributed by atoms with E-state index in [-0.39, 0.29) is 11.5 Å². The Balaban J connectivity index is 1.72. The minimum atomic E-state index is -0.767. The number of hydrogen-bond donors (Lipinski definition) is 0. The topological polar surface area (TPSA) is 57.5 Å². The van der Waals surface area contributed by atoms with E-state index in [1.54, 1.807) is 32.1 Å². The van der Waals surface area contributed by atoms with Gasteiger partial charge in [-0.05, 0) is 45.0 Å². The van der Waals surface area contributed by atoms with Crippen molar-refractivity contribution in [2.45, 2.75) is 32.7 Å². The third-order valence-electron chi connectivity index (χ3n) is 5.02. The molecule has 0 N–H and O–H groups in total. The van der Waals surface area contributed by atoms with Crippen molar-refractivity contribution in [2.24, 2.45) is 0 Å². The van der Waals surface area contributed by atoms with Gasteiger partial charge in [0.1, 0.15) is 16.9 Å². The molecule has 1 atom stereocenters. The molecule has 0 aliphatic carbocycles. The fourth-order valence-corrected chi connectivity index (χ4v) is 3.51. The lowest BCUT2D eigenvalue weighted by Gasteiger charge is -2.10. The number of ether oxygens (including phenoxy) is 2. The molecule has 1 unspecified atom stereocenters. The smallest absolute Gasteiger partial charge is 0.329 e. The number of aromatic nitrogens is 1. The van der Waals surface area contributed by atoms with E-state index in [4.69, 9.17) is 21.1 Å². The number of para-hydroxylation sites is 1. The molecule has 0 saturated carbocycles. The van der Waals surface area contributed by atoms with Crippen molar-refractivity contribution < 1.29 is 19.1 Å². The number of ketones is 1. The van der Waals surface area contributed by atoms with Gasteiger partial charge in [0.25, 0.3) is 0 Å². The van der Waals surface area contributed by atoms with E-state index >= 15 is 0 Å². The second kappa shape index (κ2) is 7.41. The van der Waals surface area contributed by atoms with Crippen LogP contribution in [0.2, 0.25) is 0 Å². The van der Waals surface area contributed by atoms with Crippen molar-refractivity contribution >= 4 is 40.3 Å². The molecule has 2 aromatic carbocycles. The number of alkyl halides is 1. The number of carbonyl (C=O) groups is 2. The second-order valence-electron chi connectivity index (χ2n) is 6.93. The first-order valence-corrected chi connectivity index (χ1v) is 9.85. The number of fused-ring (bicyclic) bond motifs is 2. The number of aryl methyl sites for hydroxylation is 1. The predicted octanol–water partition coefficient (Wildman–Crippen LogP) is 5.12. The maximum atomic E-state index is 12.9. The van der Waals surface area contributed by atoms with Crippen molar-refractivity contribution in [3.05, 3.63) is 65.0 Å². The van der Waals surface area contributed by atoms with E-state index < -0.39 is 11.3 Å². The Morgan fingerprint density at radius 3 is 2.76 bits per heavy atom. The van der Waals surface area contributed by atoms with Gasteiger partial charge in [0, 0.05) is 34.8 Å². The molecule has 0 spiro atoms. The Hall–Kier alpha value is -3.05. The lowest BCUT2D eigenvalue weighted by Crippen LogP contribution is -2.18. The normalized spacial score (nSPS) is 15.4. The molecule has 3 aromatic rings. The molecular formula is C23H20ClNO4. The Kier molecular flexibility index (Phi) is 4.92. The molecule has 4 rings (SSSR count). The zero-order valence-electron chi connectivity index (χ0n) is 16.4. The fourth-order valence-electron chi connectivity index (χ4n) is 3.46. The first-order chi connectivity index (χ1) is 13.9. The molecule has 1 aliphatic rings. The van der Waals surface area contributed by atoms with Crippen LogP contribution >= 0.6 is 11.6 Å². The summed E-state index contributed by atoms with van der Waals surface area (Å²) in [5.41, 5.74) is 3.05. The number of Topliss-reactive ketones (excluding diaryl/α,β-unsaturated/α-hetero) is 1. The Morgan fingerprint density at radius 2 is 2.03 bits per heavy atom. The van der Waals surface area contributed by atoms with Crippen LogP contribution in [0.3, 0.4) is 0 Å². The highest BCUT2D eigenvalue weighted by molar-refractivity contribution is 6.29. The van der Waals surface area contributed by atoms with E-state index in [0.29, 0.717) is 22.6 Å². The van der Waals surface area contributed by atoms with Crippen LogP contribution < -0.4 is 9.47 Å². The fraction of sp³-hybridized carbons (Fsp3) is 0.217. The number of allylic oxidation sites excluding steroid dienone is 1. The largest absolute Gasteiger partial charge is 0.452 e. The van der Waals surface area contributed by atoms with Gasteiger partial charge in [0.15, 0.2) is 5.76 Å². The van der Waals surface area contributed by atoms with Crippen molar-refractivity contribution in [1.82, 2.24) is 4.57 Å². The maximum absolute atomic E-state index is 12.9. The summed E-state index contributed by atoms with van der Waals surface area (Å²) in [6.07, 6.45) is 3.78. The first kappa shape index (κ1) is 19.3. The molecule has 0 saturated heterocycles. The molecule has 148 valence electrons. The van der Waals surface area contributed by atoms with E-state index in [9.17, 15) is 9.59 Å². The quantitative estimate of drug-likeness (QED) is 0.260. The number of nitrogens with zero attached hydrogens (tertiary/aromatic N) is 1.